The highest BCUT2D eigenvalue weighted by atomic mass is 16.3. The molecule has 264 valence electrons. The van der Waals surface area contributed by atoms with Crippen LogP contribution in [-0.4, -0.2) is 19.5 Å². The van der Waals surface area contributed by atoms with E-state index in [9.17, 15) is 0 Å². The average Bonchev–Trinajstić information content (AvgIpc) is 3.79. The van der Waals surface area contributed by atoms with Crippen LogP contribution in [-0.2, 0) is 22.8 Å². The van der Waals surface area contributed by atoms with E-state index in [-0.39, 0.29) is 16.2 Å². The fourth-order valence-electron chi connectivity index (χ4n) is 7.76. The van der Waals surface area contributed by atoms with Crippen molar-refractivity contribution in [2.75, 3.05) is 0 Å². The van der Waals surface area contributed by atoms with Crippen molar-refractivity contribution in [1.29, 1.82) is 0 Å². The zero-order valence-electron chi connectivity index (χ0n) is 32.2. The number of furan rings is 1. The number of imidazole rings is 1. The third kappa shape index (κ3) is 5.37. The third-order valence-electron chi connectivity index (χ3n) is 10.6. The zero-order valence-corrected chi connectivity index (χ0v) is 32.2. The lowest BCUT2D eigenvalue weighted by Crippen LogP contribution is -2.31. The van der Waals surface area contributed by atoms with E-state index < -0.39 is 0 Å². The Morgan fingerprint density at radius 1 is 0.604 bits per heavy atom. The second-order valence-electron chi connectivity index (χ2n) is 17.7. The molecule has 6 nitrogen and oxygen atoms in total. The molecule has 6 heteroatoms. The highest BCUT2D eigenvalue weighted by Crippen LogP contribution is 2.44. The molecule has 9 rings (SSSR count). The molecule has 3 aromatic heterocycles. The Morgan fingerprint density at radius 2 is 1.25 bits per heavy atom. The Bertz CT molecular complexity index is 2710. The lowest BCUT2D eigenvalue weighted by molar-refractivity contribution is -0.645. The number of aromatic nitrogens is 5. The number of rotatable bonds is 3. The van der Waals surface area contributed by atoms with Crippen LogP contribution in [0.4, 0.5) is 0 Å². The van der Waals surface area contributed by atoms with Crippen LogP contribution in [0.3, 0.4) is 0 Å². The van der Waals surface area contributed by atoms with Crippen molar-refractivity contribution in [2.45, 2.75) is 85.1 Å². The van der Waals surface area contributed by atoms with Gasteiger partial charge in [0.15, 0.2) is 22.4 Å². The Balaban J connectivity index is 1.19. The fraction of sp³-hybridized carbons (Fsp3) is 0.277. The van der Waals surface area contributed by atoms with Crippen LogP contribution in [0.1, 0.15) is 85.1 Å². The van der Waals surface area contributed by atoms with Crippen LogP contribution >= 0.6 is 0 Å². The fourth-order valence-corrected chi connectivity index (χ4v) is 7.76. The number of benzene rings is 5. The molecule has 0 aliphatic carbocycles. The molecule has 0 atom stereocenters. The van der Waals surface area contributed by atoms with Crippen LogP contribution in [0.2, 0.25) is 0 Å². The van der Waals surface area contributed by atoms with Crippen molar-refractivity contribution >= 4 is 33.0 Å². The molecule has 0 N–H and O–H groups in total. The van der Waals surface area contributed by atoms with Gasteiger partial charge >= 0.3 is 0 Å². The number of para-hydroxylation sites is 3. The minimum atomic E-state index is -0.188. The van der Waals surface area contributed by atoms with Crippen LogP contribution in [0.5, 0.6) is 0 Å². The maximum atomic E-state index is 6.66. The van der Waals surface area contributed by atoms with E-state index >= 15 is 0 Å². The monoisotopic (exact) mass is 696 g/mol. The molecule has 5 aromatic carbocycles. The van der Waals surface area contributed by atoms with Crippen molar-refractivity contribution in [3.63, 3.8) is 0 Å². The summed E-state index contributed by atoms with van der Waals surface area (Å²) in [6.45, 7) is 20.6. The predicted molar refractivity (Wildman–Crippen MR) is 216 cm³/mol. The molecule has 1 aliphatic heterocycles. The number of hydrogen-bond donors (Lipinski definition) is 0. The van der Waals surface area contributed by atoms with E-state index in [1.165, 1.54) is 39.0 Å². The lowest BCUT2D eigenvalue weighted by Gasteiger charge is -2.23. The summed E-state index contributed by atoms with van der Waals surface area (Å²) in [5.74, 6) is 3.51. The normalized spacial score (nSPS) is 13.3. The maximum absolute atomic E-state index is 6.66. The van der Waals surface area contributed by atoms with Crippen molar-refractivity contribution in [2.24, 2.45) is 0 Å². The molecule has 0 spiro atoms. The number of fused-ring (bicyclic) bond motifs is 9. The highest BCUT2D eigenvalue weighted by molar-refractivity contribution is 6.10. The molecule has 0 bridgehead atoms. The van der Waals surface area contributed by atoms with Gasteiger partial charge in [0.1, 0.15) is 35.0 Å². The molecule has 0 saturated carbocycles. The van der Waals surface area contributed by atoms with E-state index in [2.05, 4.69) is 169 Å². The molecule has 53 heavy (non-hydrogen) atoms. The van der Waals surface area contributed by atoms with Gasteiger partial charge < -0.3 is 4.42 Å². The van der Waals surface area contributed by atoms with Gasteiger partial charge in [-0.3, -0.25) is 0 Å². The van der Waals surface area contributed by atoms with Gasteiger partial charge in [-0.25, -0.2) is 19.5 Å². The maximum Gasteiger partial charge on any atom is 0.299 e. The van der Waals surface area contributed by atoms with Crippen molar-refractivity contribution < 1.29 is 8.98 Å². The van der Waals surface area contributed by atoms with Gasteiger partial charge in [-0.15, -0.1) is 0 Å². The lowest BCUT2D eigenvalue weighted by atomic mass is 9.83. The number of hydrogen-bond acceptors (Lipinski definition) is 4. The quantitative estimate of drug-likeness (QED) is 0.173. The van der Waals surface area contributed by atoms with Gasteiger partial charge in [0.2, 0.25) is 0 Å². The van der Waals surface area contributed by atoms with E-state index in [0.29, 0.717) is 0 Å². The second kappa shape index (κ2) is 11.4. The van der Waals surface area contributed by atoms with E-state index in [4.69, 9.17) is 19.4 Å². The molecular formula is C47H46N5O+. The Hall–Kier alpha value is -5.62. The minimum absolute atomic E-state index is 0.140. The molecule has 0 unspecified atom stereocenters. The van der Waals surface area contributed by atoms with Gasteiger partial charge in [0, 0.05) is 38.3 Å². The van der Waals surface area contributed by atoms with E-state index in [0.717, 1.165) is 62.9 Å². The Morgan fingerprint density at radius 3 is 1.94 bits per heavy atom. The van der Waals surface area contributed by atoms with Crippen LogP contribution in [0, 0.1) is 0 Å². The highest BCUT2D eigenvalue weighted by Gasteiger charge is 2.39. The van der Waals surface area contributed by atoms with E-state index in [1.807, 2.05) is 6.07 Å². The SMILES string of the molecule is CC(C)(C)c1nc(-c2ccc(-c3ccc(-n4c5[n+](c6ccccc64)Cc4ccc6c(oc7ccccc76)c4-5)c(C(C)(C)C)c3)cc2)nc(C(C)(C)C)n1. The molecule has 0 saturated heterocycles. The molecular weight excluding hydrogens is 651 g/mol. The summed E-state index contributed by atoms with van der Waals surface area (Å²) in [6.07, 6.45) is 0. The van der Waals surface area contributed by atoms with Crippen molar-refractivity contribution in [3.8, 4) is 39.6 Å². The Kier molecular flexibility index (Phi) is 7.17. The largest absolute Gasteiger partial charge is 0.455 e. The summed E-state index contributed by atoms with van der Waals surface area (Å²) in [7, 11) is 0. The van der Waals surface area contributed by atoms with Gasteiger partial charge in [-0.05, 0) is 46.9 Å². The molecule has 0 fully saturated rings. The predicted octanol–water partition coefficient (Wildman–Crippen LogP) is 11.3. The molecule has 0 amide bonds. The third-order valence-corrected chi connectivity index (χ3v) is 10.6. The zero-order chi connectivity index (χ0) is 37.0. The van der Waals surface area contributed by atoms with Gasteiger partial charge in [0.05, 0.1) is 0 Å². The summed E-state index contributed by atoms with van der Waals surface area (Å²) in [4.78, 5) is 14.8. The topological polar surface area (TPSA) is 60.6 Å². The van der Waals surface area contributed by atoms with Crippen LogP contribution < -0.4 is 4.57 Å². The first-order valence-electron chi connectivity index (χ1n) is 18.7. The van der Waals surface area contributed by atoms with Gasteiger partial charge in [0.25, 0.3) is 5.82 Å². The Labute approximate surface area is 311 Å². The summed E-state index contributed by atoms with van der Waals surface area (Å²) in [6, 6.07) is 37.3. The average molecular weight is 697 g/mol. The summed E-state index contributed by atoms with van der Waals surface area (Å²) in [5, 5.41) is 2.30. The van der Waals surface area contributed by atoms with Crippen molar-refractivity contribution in [3.05, 3.63) is 126 Å². The first-order chi connectivity index (χ1) is 25.2. The van der Waals surface area contributed by atoms with E-state index in [1.54, 1.807) is 0 Å². The minimum Gasteiger partial charge on any atom is -0.455 e. The summed E-state index contributed by atoms with van der Waals surface area (Å²) >= 11 is 0. The first-order valence-corrected chi connectivity index (χ1v) is 18.7. The van der Waals surface area contributed by atoms with Crippen LogP contribution in [0.25, 0.3) is 72.6 Å². The van der Waals surface area contributed by atoms with Crippen molar-refractivity contribution in [1.82, 2.24) is 19.5 Å². The summed E-state index contributed by atoms with van der Waals surface area (Å²) in [5.41, 5.74) is 12.0. The van der Waals surface area contributed by atoms with Crippen LogP contribution in [0.15, 0.2) is 108 Å². The van der Waals surface area contributed by atoms with Gasteiger partial charge in [-0.1, -0.05) is 135 Å². The first kappa shape index (κ1) is 33.2. The molecule has 1 aliphatic rings. The standard InChI is InChI=1S/C47H46N5O/c1-45(2,3)34-26-30(28-18-20-29(21-19-28)41-48-43(46(4,5)6)50-44(49-41)47(7,8)9)23-25-35(34)52-37-16-12-11-15-36(37)51-27-31-22-24-33-32-14-10-13-17-38(32)53-40(33)39(31)42(51)52/h10-26H,27H2,1-9H3/q+1. The second-order valence-corrected chi connectivity index (χ2v) is 17.7. The van der Waals surface area contributed by atoms with Gasteiger partial charge in [-0.2, -0.15) is 4.57 Å². The molecule has 4 heterocycles. The molecule has 8 aromatic rings. The number of nitrogens with zero attached hydrogens (tertiary/aromatic N) is 5. The molecule has 0 radical (unpaired) electrons. The smallest absolute Gasteiger partial charge is 0.299 e. The summed E-state index contributed by atoms with van der Waals surface area (Å²) < 4.78 is 11.6.